The lowest BCUT2D eigenvalue weighted by Crippen LogP contribution is -2.29. The largest absolute Gasteiger partial charge is 0.497 e. The Morgan fingerprint density at radius 1 is 1.19 bits per heavy atom. The molecular weight excluding hydrogens is 347 g/mol. The number of hydrogen-bond acceptors (Lipinski definition) is 4. The van der Waals surface area contributed by atoms with Gasteiger partial charge in [0.15, 0.2) is 0 Å². The number of methoxy groups -OCH3 is 1. The van der Waals surface area contributed by atoms with Gasteiger partial charge in [0.25, 0.3) is 5.91 Å². The Kier molecular flexibility index (Phi) is 4.62. The summed E-state index contributed by atoms with van der Waals surface area (Å²) in [4.78, 5) is 12.7. The molecular formula is C21H19FN2O3. The van der Waals surface area contributed by atoms with Crippen LogP contribution in [0, 0.1) is 11.7 Å². The van der Waals surface area contributed by atoms with Crippen LogP contribution in [-0.2, 0) is 0 Å². The van der Waals surface area contributed by atoms with E-state index in [1.165, 1.54) is 12.1 Å². The van der Waals surface area contributed by atoms with Gasteiger partial charge in [-0.05, 0) is 60.7 Å². The van der Waals surface area contributed by atoms with E-state index in [1.54, 1.807) is 25.3 Å². The Bertz CT molecular complexity index is 931. The molecule has 1 atom stereocenters. The van der Waals surface area contributed by atoms with Crippen molar-refractivity contribution >= 4 is 5.91 Å². The zero-order chi connectivity index (χ0) is 18.8. The minimum absolute atomic E-state index is 0.0808. The van der Waals surface area contributed by atoms with E-state index in [9.17, 15) is 9.18 Å². The van der Waals surface area contributed by atoms with Crippen LogP contribution in [0.4, 0.5) is 4.39 Å². The second-order valence-electron chi connectivity index (χ2n) is 6.65. The van der Waals surface area contributed by atoms with Gasteiger partial charge in [0.2, 0.25) is 5.76 Å². The molecule has 0 radical (unpaired) electrons. The van der Waals surface area contributed by atoms with E-state index >= 15 is 0 Å². The van der Waals surface area contributed by atoms with Crippen molar-refractivity contribution in [3.63, 3.8) is 0 Å². The number of carbonyl (C=O) groups is 1. The first-order valence-corrected chi connectivity index (χ1v) is 8.81. The monoisotopic (exact) mass is 366 g/mol. The molecule has 4 rings (SSSR count). The molecule has 1 aromatic heterocycles. The summed E-state index contributed by atoms with van der Waals surface area (Å²) in [7, 11) is 1.62. The maximum atomic E-state index is 13.1. The summed E-state index contributed by atoms with van der Waals surface area (Å²) in [6, 6.07) is 15.1. The standard InChI is InChI=1S/C21H19FN2O3/c1-26-17-10-6-15(7-11-17)20(14-2-3-14)23-21(25)19-12-18(24-27-19)13-4-8-16(22)9-5-13/h4-12,14,20H,2-3H2,1H3,(H,23,25)/t20-/m1/s1. The first-order valence-electron chi connectivity index (χ1n) is 8.81. The fourth-order valence-corrected chi connectivity index (χ4v) is 3.07. The molecule has 2 aromatic carbocycles. The number of rotatable bonds is 6. The fourth-order valence-electron chi connectivity index (χ4n) is 3.07. The van der Waals surface area contributed by atoms with Crippen molar-refractivity contribution in [2.45, 2.75) is 18.9 Å². The molecule has 0 unspecified atom stereocenters. The summed E-state index contributed by atoms with van der Waals surface area (Å²) in [5, 5.41) is 6.97. The number of amides is 1. The zero-order valence-electron chi connectivity index (χ0n) is 14.8. The minimum atomic E-state index is -0.327. The Balaban J connectivity index is 1.50. The summed E-state index contributed by atoms with van der Waals surface area (Å²) in [5.41, 5.74) is 2.21. The minimum Gasteiger partial charge on any atom is -0.497 e. The van der Waals surface area contributed by atoms with Crippen molar-refractivity contribution < 1.29 is 18.4 Å². The van der Waals surface area contributed by atoms with E-state index in [0.717, 1.165) is 24.2 Å². The molecule has 1 saturated carbocycles. The summed E-state index contributed by atoms with van der Waals surface area (Å²) in [6.07, 6.45) is 2.16. The van der Waals surface area contributed by atoms with Crippen LogP contribution in [0.2, 0.25) is 0 Å². The number of benzene rings is 2. The molecule has 5 nitrogen and oxygen atoms in total. The second-order valence-corrected chi connectivity index (χ2v) is 6.65. The number of hydrogen-bond donors (Lipinski definition) is 1. The third kappa shape index (κ3) is 3.84. The average molecular weight is 366 g/mol. The van der Waals surface area contributed by atoms with E-state index in [1.807, 2.05) is 24.3 Å². The van der Waals surface area contributed by atoms with Gasteiger partial charge in [-0.2, -0.15) is 0 Å². The van der Waals surface area contributed by atoms with E-state index < -0.39 is 0 Å². The number of nitrogens with one attached hydrogen (secondary N) is 1. The summed E-state index contributed by atoms with van der Waals surface area (Å²) < 4.78 is 23.5. The van der Waals surface area contributed by atoms with Gasteiger partial charge in [0.1, 0.15) is 17.3 Å². The van der Waals surface area contributed by atoms with Crippen LogP contribution in [-0.4, -0.2) is 18.2 Å². The van der Waals surface area contributed by atoms with Crippen molar-refractivity contribution in [1.29, 1.82) is 0 Å². The number of halogens is 1. The Morgan fingerprint density at radius 2 is 1.89 bits per heavy atom. The fraction of sp³-hybridized carbons (Fsp3) is 0.238. The van der Waals surface area contributed by atoms with Gasteiger partial charge in [-0.25, -0.2) is 4.39 Å². The van der Waals surface area contributed by atoms with Crippen LogP contribution in [0.5, 0.6) is 5.75 Å². The maximum absolute atomic E-state index is 13.1. The lowest BCUT2D eigenvalue weighted by Gasteiger charge is -2.18. The highest BCUT2D eigenvalue weighted by atomic mass is 19.1. The molecule has 0 saturated heterocycles. The Morgan fingerprint density at radius 3 is 2.52 bits per heavy atom. The van der Waals surface area contributed by atoms with Gasteiger partial charge in [0, 0.05) is 11.6 Å². The maximum Gasteiger partial charge on any atom is 0.290 e. The molecule has 1 aliphatic carbocycles. The first-order chi connectivity index (χ1) is 13.1. The molecule has 1 N–H and O–H groups in total. The lowest BCUT2D eigenvalue weighted by molar-refractivity contribution is 0.0894. The molecule has 3 aromatic rings. The van der Waals surface area contributed by atoms with E-state index in [4.69, 9.17) is 9.26 Å². The topological polar surface area (TPSA) is 64.4 Å². The number of carbonyl (C=O) groups excluding carboxylic acids is 1. The van der Waals surface area contributed by atoms with Crippen LogP contribution in [0.3, 0.4) is 0 Å². The van der Waals surface area contributed by atoms with Gasteiger partial charge in [-0.3, -0.25) is 4.79 Å². The third-order valence-corrected chi connectivity index (χ3v) is 4.73. The van der Waals surface area contributed by atoms with Gasteiger partial charge in [-0.1, -0.05) is 17.3 Å². The highest BCUT2D eigenvalue weighted by Crippen LogP contribution is 2.41. The molecule has 1 aliphatic rings. The summed E-state index contributed by atoms with van der Waals surface area (Å²) in [5.74, 6) is 0.685. The van der Waals surface area contributed by atoms with E-state index in [-0.39, 0.29) is 23.5 Å². The quantitative estimate of drug-likeness (QED) is 0.704. The van der Waals surface area contributed by atoms with E-state index in [0.29, 0.717) is 17.2 Å². The van der Waals surface area contributed by atoms with Gasteiger partial charge < -0.3 is 14.6 Å². The van der Waals surface area contributed by atoms with Gasteiger partial charge >= 0.3 is 0 Å². The van der Waals surface area contributed by atoms with Crippen LogP contribution in [0.25, 0.3) is 11.3 Å². The predicted molar refractivity (Wildman–Crippen MR) is 97.8 cm³/mol. The molecule has 1 heterocycles. The smallest absolute Gasteiger partial charge is 0.290 e. The molecule has 1 fully saturated rings. The second kappa shape index (κ2) is 7.23. The zero-order valence-corrected chi connectivity index (χ0v) is 14.8. The highest BCUT2D eigenvalue weighted by Gasteiger charge is 2.34. The van der Waals surface area contributed by atoms with Crippen molar-refractivity contribution in [1.82, 2.24) is 10.5 Å². The Hall–Kier alpha value is -3.15. The summed E-state index contributed by atoms with van der Waals surface area (Å²) in [6.45, 7) is 0. The average Bonchev–Trinajstić information content (AvgIpc) is 3.42. The normalized spacial score (nSPS) is 14.6. The molecule has 6 heteroatoms. The van der Waals surface area contributed by atoms with Crippen molar-refractivity contribution in [2.75, 3.05) is 7.11 Å². The number of nitrogens with zero attached hydrogens (tertiary/aromatic N) is 1. The molecule has 0 bridgehead atoms. The lowest BCUT2D eigenvalue weighted by atomic mass is 10.0. The predicted octanol–water partition coefficient (Wildman–Crippen LogP) is 4.37. The van der Waals surface area contributed by atoms with Crippen molar-refractivity contribution in [3.8, 4) is 17.0 Å². The summed E-state index contributed by atoms with van der Waals surface area (Å²) >= 11 is 0. The molecule has 138 valence electrons. The van der Waals surface area contributed by atoms with Crippen molar-refractivity contribution in [2.24, 2.45) is 5.92 Å². The van der Waals surface area contributed by atoms with Gasteiger partial charge in [0.05, 0.1) is 13.2 Å². The van der Waals surface area contributed by atoms with Crippen LogP contribution < -0.4 is 10.1 Å². The van der Waals surface area contributed by atoms with Crippen molar-refractivity contribution in [3.05, 3.63) is 71.7 Å². The Labute approximate surface area is 156 Å². The van der Waals surface area contributed by atoms with Gasteiger partial charge in [-0.15, -0.1) is 0 Å². The van der Waals surface area contributed by atoms with Crippen LogP contribution in [0.15, 0.2) is 59.1 Å². The molecule has 0 aliphatic heterocycles. The number of aromatic nitrogens is 1. The molecule has 27 heavy (non-hydrogen) atoms. The van der Waals surface area contributed by atoms with Crippen LogP contribution in [0.1, 0.15) is 35.0 Å². The van der Waals surface area contributed by atoms with Crippen LogP contribution >= 0.6 is 0 Å². The number of ether oxygens (including phenoxy) is 1. The molecule has 1 amide bonds. The first kappa shape index (κ1) is 17.3. The highest BCUT2D eigenvalue weighted by molar-refractivity contribution is 5.92. The molecule has 0 spiro atoms. The third-order valence-electron chi connectivity index (χ3n) is 4.73. The SMILES string of the molecule is COc1ccc([C@H](NC(=O)c2cc(-c3ccc(F)cc3)no2)C2CC2)cc1. The van der Waals surface area contributed by atoms with E-state index in [2.05, 4.69) is 10.5 Å².